The van der Waals surface area contributed by atoms with Gasteiger partial charge in [-0.1, -0.05) is 23.5 Å². The SMILES string of the molecule is CSN1CC(C(C)NC(=O)c2cc3cc(Cl)ccc3[nH]2)C1. The van der Waals surface area contributed by atoms with Gasteiger partial charge in [-0.2, -0.15) is 0 Å². The van der Waals surface area contributed by atoms with Gasteiger partial charge < -0.3 is 10.3 Å². The summed E-state index contributed by atoms with van der Waals surface area (Å²) in [5.41, 5.74) is 1.51. The Labute approximate surface area is 133 Å². The molecule has 2 N–H and O–H groups in total. The molecule has 2 aromatic rings. The Morgan fingerprint density at radius 3 is 2.95 bits per heavy atom. The average Bonchev–Trinajstić information content (AvgIpc) is 2.80. The van der Waals surface area contributed by atoms with Crippen molar-refractivity contribution < 1.29 is 4.79 Å². The minimum absolute atomic E-state index is 0.0579. The topological polar surface area (TPSA) is 48.1 Å². The summed E-state index contributed by atoms with van der Waals surface area (Å²) in [6.45, 7) is 4.13. The number of halogens is 1. The van der Waals surface area contributed by atoms with E-state index in [1.807, 2.05) is 24.3 Å². The van der Waals surface area contributed by atoms with Crippen molar-refractivity contribution in [2.75, 3.05) is 19.3 Å². The number of hydrogen-bond donors (Lipinski definition) is 2. The van der Waals surface area contributed by atoms with Crippen LogP contribution in [0.1, 0.15) is 17.4 Å². The fourth-order valence-corrected chi connectivity index (χ4v) is 3.42. The molecule has 0 spiro atoms. The van der Waals surface area contributed by atoms with E-state index in [1.165, 1.54) is 0 Å². The highest BCUT2D eigenvalue weighted by Crippen LogP contribution is 2.25. The van der Waals surface area contributed by atoms with E-state index in [1.54, 1.807) is 11.9 Å². The highest BCUT2D eigenvalue weighted by Gasteiger charge is 2.31. The number of carbonyl (C=O) groups is 1. The van der Waals surface area contributed by atoms with Crippen molar-refractivity contribution in [2.45, 2.75) is 13.0 Å². The lowest BCUT2D eigenvalue weighted by molar-refractivity contribution is 0.0887. The molecule has 1 fully saturated rings. The van der Waals surface area contributed by atoms with Crippen LogP contribution in [0.2, 0.25) is 5.02 Å². The van der Waals surface area contributed by atoms with E-state index in [4.69, 9.17) is 11.6 Å². The van der Waals surface area contributed by atoms with Crippen LogP contribution in [0, 0.1) is 5.92 Å². The van der Waals surface area contributed by atoms with Gasteiger partial charge in [0.2, 0.25) is 0 Å². The Hall–Kier alpha value is -1.17. The fourth-order valence-electron chi connectivity index (χ4n) is 2.56. The number of amides is 1. The number of benzene rings is 1. The molecule has 4 nitrogen and oxygen atoms in total. The molecule has 1 aliphatic heterocycles. The van der Waals surface area contributed by atoms with Crippen molar-refractivity contribution in [3.05, 3.63) is 35.0 Å². The molecule has 0 aliphatic carbocycles. The van der Waals surface area contributed by atoms with Gasteiger partial charge in [0.25, 0.3) is 5.91 Å². The van der Waals surface area contributed by atoms with Crippen molar-refractivity contribution in [3.8, 4) is 0 Å². The molecule has 0 saturated carbocycles. The molecule has 1 saturated heterocycles. The maximum atomic E-state index is 12.3. The van der Waals surface area contributed by atoms with Gasteiger partial charge >= 0.3 is 0 Å². The number of aromatic amines is 1. The smallest absolute Gasteiger partial charge is 0.267 e. The van der Waals surface area contributed by atoms with Crippen molar-refractivity contribution >= 4 is 40.4 Å². The fraction of sp³-hybridized carbons (Fsp3) is 0.400. The lowest BCUT2D eigenvalue weighted by Crippen LogP contribution is -2.52. The summed E-state index contributed by atoms with van der Waals surface area (Å²) in [6, 6.07) is 7.58. The van der Waals surface area contributed by atoms with E-state index < -0.39 is 0 Å². The lowest BCUT2D eigenvalue weighted by atomic mass is 9.95. The van der Waals surface area contributed by atoms with E-state index >= 15 is 0 Å². The van der Waals surface area contributed by atoms with Crippen molar-refractivity contribution in [2.24, 2.45) is 5.92 Å². The molecule has 0 radical (unpaired) electrons. The molecule has 112 valence electrons. The minimum atomic E-state index is -0.0579. The largest absolute Gasteiger partial charge is 0.351 e. The van der Waals surface area contributed by atoms with Crippen LogP contribution in [0.15, 0.2) is 24.3 Å². The first-order valence-electron chi connectivity index (χ1n) is 6.95. The number of nitrogens with zero attached hydrogens (tertiary/aromatic N) is 1. The molecule has 6 heteroatoms. The van der Waals surface area contributed by atoms with Crippen LogP contribution in [0.5, 0.6) is 0 Å². The average molecular weight is 324 g/mol. The second kappa shape index (κ2) is 5.91. The third kappa shape index (κ3) is 3.05. The number of H-pyrrole nitrogens is 1. The summed E-state index contributed by atoms with van der Waals surface area (Å²) >= 11 is 7.72. The van der Waals surface area contributed by atoms with Crippen LogP contribution in [0.3, 0.4) is 0 Å². The highest BCUT2D eigenvalue weighted by molar-refractivity contribution is 7.96. The van der Waals surface area contributed by atoms with E-state index in [2.05, 4.69) is 27.8 Å². The second-order valence-corrected chi connectivity index (χ2v) is 6.78. The summed E-state index contributed by atoms with van der Waals surface area (Å²) in [7, 11) is 0. The van der Waals surface area contributed by atoms with Gasteiger partial charge in [-0.25, -0.2) is 0 Å². The minimum Gasteiger partial charge on any atom is -0.351 e. The van der Waals surface area contributed by atoms with Crippen LogP contribution < -0.4 is 5.32 Å². The van der Waals surface area contributed by atoms with E-state index in [-0.39, 0.29) is 11.9 Å². The van der Waals surface area contributed by atoms with E-state index in [0.717, 1.165) is 24.0 Å². The first-order valence-corrected chi connectivity index (χ1v) is 8.51. The number of fused-ring (bicyclic) bond motifs is 1. The summed E-state index contributed by atoms with van der Waals surface area (Å²) in [6.07, 6.45) is 2.08. The summed E-state index contributed by atoms with van der Waals surface area (Å²) in [5, 5.41) is 4.71. The predicted molar refractivity (Wildman–Crippen MR) is 88.8 cm³/mol. The Balaban J connectivity index is 1.66. The number of carbonyl (C=O) groups excluding carboxylic acids is 1. The van der Waals surface area contributed by atoms with Gasteiger partial charge in [-0.3, -0.25) is 9.10 Å². The van der Waals surface area contributed by atoms with E-state index in [0.29, 0.717) is 16.6 Å². The third-order valence-electron chi connectivity index (χ3n) is 4.03. The first-order chi connectivity index (χ1) is 10.1. The molecule has 3 rings (SSSR count). The monoisotopic (exact) mass is 323 g/mol. The van der Waals surface area contributed by atoms with Gasteiger partial charge in [0.05, 0.1) is 0 Å². The molecule has 1 amide bonds. The Morgan fingerprint density at radius 1 is 1.48 bits per heavy atom. The number of aromatic nitrogens is 1. The van der Waals surface area contributed by atoms with Gasteiger partial charge in [0.15, 0.2) is 0 Å². The number of rotatable bonds is 4. The normalized spacial score (nSPS) is 17.7. The Bertz CT molecular complexity index is 666. The number of nitrogens with one attached hydrogen (secondary N) is 2. The highest BCUT2D eigenvalue weighted by atomic mass is 35.5. The molecule has 21 heavy (non-hydrogen) atoms. The molecular formula is C15H18ClN3OS. The van der Waals surface area contributed by atoms with Crippen LogP contribution in [-0.2, 0) is 0 Å². The van der Waals surface area contributed by atoms with Crippen LogP contribution in [0.4, 0.5) is 0 Å². The van der Waals surface area contributed by atoms with Crippen molar-refractivity contribution in [3.63, 3.8) is 0 Å². The first kappa shape index (κ1) is 14.8. The van der Waals surface area contributed by atoms with Crippen LogP contribution in [0.25, 0.3) is 10.9 Å². The second-order valence-electron chi connectivity index (χ2n) is 5.47. The predicted octanol–water partition coefficient (Wildman–Crippen LogP) is 3.15. The maximum absolute atomic E-state index is 12.3. The summed E-state index contributed by atoms with van der Waals surface area (Å²) in [5.74, 6) is 0.470. The standard InChI is InChI=1S/C15H18ClN3OS/c1-9(11-7-19(8-11)21-2)17-15(20)14-6-10-5-12(16)3-4-13(10)18-14/h3-6,9,11,18H,7-8H2,1-2H3,(H,17,20). The van der Waals surface area contributed by atoms with Crippen LogP contribution in [-0.4, -0.2) is 40.6 Å². The molecule has 1 atom stereocenters. The molecule has 1 unspecified atom stereocenters. The number of hydrogen-bond acceptors (Lipinski definition) is 3. The third-order valence-corrected chi connectivity index (χ3v) is 5.08. The molecule has 1 aromatic heterocycles. The zero-order valence-corrected chi connectivity index (χ0v) is 13.6. The molecule has 1 aliphatic rings. The van der Waals surface area contributed by atoms with Crippen LogP contribution >= 0.6 is 23.5 Å². The Kier molecular flexibility index (Phi) is 4.15. The molecular weight excluding hydrogens is 306 g/mol. The zero-order valence-electron chi connectivity index (χ0n) is 12.0. The summed E-state index contributed by atoms with van der Waals surface area (Å²) < 4.78 is 2.29. The van der Waals surface area contributed by atoms with Gasteiger partial charge in [0, 0.05) is 41.0 Å². The maximum Gasteiger partial charge on any atom is 0.267 e. The van der Waals surface area contributed by atoms with E-state index in [9.17, 15) is 4.79 Å². The quantitative estimate of drug-likeness (QED) is 0.850. The van der Waals surface area contributed by atoms with Gasteiger partial charge in [-0.05, 0) is 37.4 Å². The zero-order chi connectivity index (χ0) is 15.0. The lowest BCUT2D eigenvalue weighted by Gasteiger charge is -2.40. The van der Waals surface area contributed by atoms with Gasteiger partial charge in [0.1, 0.15) is 5.69 Å². The van der Waals surface area contributed by atoms with Crippen molar-refractivity contribution in [1.82, 2.24) is 14.6 Å². The molecule has 2 heterocycles. The van der Waals surface area contributed by atoms with Crippen molar-refractivity contribution in [1.29, 1.82) is 0 Å². The molecule has 0 bridgehead atoms. The molecule has 1 aromatic carbocycles. The summed E-state index contributed by atoms with van der Waals surface area (Å²) in [4.78, 5) is 15.4. The van der Waals surface area contributed by atoms with Gasteiger partial charge in [-0.15, -0.1) is 0 Å². The Morgan fingerprint density at radius 2 is 2.24 bits per heavy atom.